The number of nitrogens with one attached hydrogen (secondary N) is 2. The van der Waals surface area contributed by atoms with E-state index >= 15 is 0 Å². The maximum absolute atomic E-state index is 7.73. The summed E-state index contributed by atoms with van der Waals surface area (Å²) in [4.78, 5) is 2.10. The van der Waals surface area contributed by atoms with Crippen LogP contribution in [0.2, 0.25) is 0 Å². The summed E-state index contributed by atoms with van der Waals surface area (Å²) in [6, 6.07) is 14.3. The molecule has 1 aliphatic rings. The Morgan fingerprint density at radius 1 is 1.11 bits per heavy atom. The van der Waals surface area contributed by atoms with Gasteiger partial charge in [0.1, 0.15) is 5.84 Å². The first-order chi connectivity index (χ1) is 12.9. The Balaban J connectivity index is 1.68. The molecule has 5 heteroatoms. The molecule has 1 aliphatic heterocycles. The molecule has 0 bridgehead atoms. The molecule has 4 N–H and O–H groups in total. The molecule has 0 aromatic heterocycles. The van der Waals surface area contributed by atoms with Gasteiger partial charge in [-0.05, 0) is 55.5 Å². The summed E-state index contributed by atoms with van der Waals surface area (Å²) in [5.41, 5.74) is 10.9. The fourth-order valence-corrected chi connectivity index (χ4v) is 3.55. The van der Waals surface area contributed by atoms with Crippen molar-refractivity contribution >= 4 is 11.7 Å². The lowest BCUT2D eigenvalue weighted by Crippen LogP contribution is -2.39. The Morgan fingerprint density at radius 2 is 1.85 bits per heavy atom. The van der Waals surface area contributed by atoms with Crippen molar-refractivity contribution in [3.63, 3.8) is 0 Å². The zero-order chi connectivity index (χ0) is 19.4. The SMILES string of the molecule is CC(=N)N1CCC(OCc2cc(C)cc(-c3cccc(C(=N)N)c3)c2)CC1. The van der Waals surface area contributed by atoms with Crippen molar-refractivity contribution in [2.24, 2.45) is 5.73 Å². The van der Waals surface area contributed by atoms with E-state index in [-0.39, 0.29) is 11.9 Å². The van der Waals surface area contributed by atoms with Gasteiger partial charge in [-0.15, -0.1) is 0 Å². The maximum atomic E-state index is 7.73. The third-order valence-electron chi connectivity index (χ3n) is 5.05. The zero-order valence-corrected chi connectivity index (χ0v) is 16.1. The molecule has 0 saturated carbocycles. The van der Waals surface area contributed by atoms with E-state index < -0.39 is 0 Å². The van der Waals surface area contributed by atoms with Crippen LogP contribution in [0, 0.1) is 17.7 Å². The molecule has 1 heterocycles. The molecule has 0 amide bonds. The Hall–Kier alpha value is -2.66. The number of hydrogen-bond donors (Lipinski definition) is 3. The van der Waals surface area contributed by atoms with Crippen LogP contribution in [0.1, 0.15) is 36.5 Å². The highest BCUT2D eigenvalue weighted by atomic mass is 16.5. The van der Waals surface area contributed by atoms with Gasteiger partial charge in [0.05, 0.1) is 18.5 Å². The quantitative estimate of drug-likeness (QED) is 0.555. The Kier molecular flexibility index (Phi) is 5.91. The van der Waals surface area contributed by atoms with Crippen molar-refractivity contribution in [1.82, 2.24) is 4.90 Å². The number of aryl methyl sites for hydroxylation is 1. The lowest BCUT2D eigenvalue weighted by atomic mass is 9.98. The van der Waals surface area contributed by atoms with E-state index in [1.165, 1.54) is 5.56 Å². The molecule has 0 unspecified atom stereocenters. The molecule has 0 spiro atoms. The van der Waals surface area contributed by atoms with Gasteiger partial charge >= 0.3 is 0 Å². The number of hydrogen-bond acceptors (Lipinski definition) is 3. The summed E-state index contributed by atoms with van der Waals surface area (Å²) in [6.07, 6.45) is 2.19. The number of ether oxygens (including phenoxy) is 1. The van der Waals surface area contributed by atoms with Gasteiger partial charge in [0, 0.05) is 18.7 Å². The van der Waals surface area contributed by atoms with Crippen molar-refractivity contribution in [2.75, 3.05) is 13.1 Å². The van der Waals surface area contributed by atoms with Gasteiger partial charge in [0.2, 0.25) is 0 Å². The molecule has 3 rings (SSSR count). The third-order valence-corrected chi connectivity index (χ3v) is 5.05. The lowest BCUT2D eigenvalue weighted by Gasteiger charge is -2.32. The predicted octanol–water partition coefficient (Wildman–Crippen LogP) is 3.92. The minimum absolute atomic E-state index is 0.0829. The fourth-order valence-electron chi connectivity index (χ4n) is 3.55. The average molecular weight is 364 g/mol. The Labute approximate surface area is 161 Å². The third kappa shape index (κ3) is 4.95. The second-order valence-electron chi connectivity index (χ2n) is 7.28. The highest BCUT2D eigenvalue weighted by molar-refractivity contribution is 5.96. The van der Waals surface area contributed by atoms with Gasteiger partial charge in [0.25, 0.3) is 0 Å². The molecule has 0 radical (unpaired) electrons. The number of nitrogen functional groups attached to an aromatic ring is 1. The second-order valence-corrected chi connectivity index (χ2v) is 7.28. The van der Waals surface area contributed by atoms with E-state index in [1.54, 1.807) is 0 Å². The van der Waals surface area contributed by atoms with Crippen LogP contribution in [-0.4, -0.2) is 35.8 Å². The standard InChI is InChI=1S/C22H28N4O/c1-15-10-17(14-27-21-6-8-26(9-7-21)16(2)23)12-20(11-15)18-4-3-5-19(13-18)22(24)25/h3-5,10-13,21,23H,6-9,14H2,1-2H3,(H3,24,25). The second kappa shape index (κ2) is 8.35. The highest BCUT2D eigenvalue weighted by Crippen LogP contribution is 2.24. The van der Waals surface area contributed by atoms with Gasteiger partial charge in [0.15, 0.2) is 0 Å². The van der Waals surface area contributed by atoms with E-state index in [4.69, 9.17) is 21.3 Å². The molecule has 2 aromatic rings. The number of nitrogens with two attached hydrogens (primary N) is 1. The van der Waals surface area contributed by atoms with E-state index in [0.29, 0.717) is 12.4 Å². The number of benzene rings is 2. The molecule has 1 fully saturated rings. The normalized spacial score (nSPS) is 15.0. The molecule has 0 aliphatic carbocycles. The number of nitrogens with zero attached hydrogens (tertiary/aromatic N) is 1. The molecule has 0 atom stereocenters. The molecular formula is C22H28N4O. The van der Waals surface area contributed by atoms with E-state index in [9.17, 15) is 0 Å². The predicted molar refractivity (Wildman–Crippen MR) is 110 cm³/mol. The van der Waals surface area contributed by atoms with Crippen LogP contribution in [0.15, 0.2) is 42.5 Å². The topological polar surface area (TPSA) is 86.2 Å². The molecule has 142 valence electrons. The van der Waals surface area contributed by atoms with Crippen LogP contribution in [-0.2, 0) is 11.3 Å². The van der Waals surface area contributed by atoms with Crippen molar-refractivity contribution in [2.45, 2.75) is 39.4 Å². The summed E-state index contributed by atoms with van der Waals surface area (Å²) in [5.74, 6) is 0.726. The van der Waals surface area contributed by atoms with Crippen LogP contribution in [0.4, 0.5) is 0 Å². The van der Waals surface area contributed by atoms with Gasteiger partial charge in [-0.1, -0.05) is 35.9 Å². The Bertz CT molecular complexity index is 838. The van der Waals surface area contributed by atoms with Crippen molar-refractivity contribution < 1.29 is 4.74 Å². The monoisotopic (exact) mass is 364 g/mol. The largest absolute Gasteiger partial charge is 0.384 e. The summed E-state index contributed by atoms with van der Waals surface area (Å²) < 4.78 is 6.15. The van der Waals surface area contributed by atoms with Crippen LogP contribution in [0.3, 0.4) is 0 Å². The molecular weight excluding hydrogens is 336 g/mol. The van der Waals surface area contributed by atoms with Crippen LogP contribution in [0.5, 0.6) is 0 Å². The van der Waals surface area contributed by atoms with Crippen LogP contribution in [0.25, 0.3) is 11.1 Å². The zero-order valence-electron chi connectivity index (χ0n) is 16.1. The van der Waals surface area contributed by atoms with Crippen molar-refractivity contribution in [3.8, 4) is 11.1 Å². The maximum Gasteiger partial charge on any atom is 0.122 e. The molecule has 1 saturated heterocycles. The number of rotatable bonds is 5. The number of amidine groups is 2. The first-order valence-electron chi connectivity index (χ1n) is 9.39. The summed E-state index contributed by atoms with van der Waals surface area (Å²) >= 11 is 0. The van der Waals surface area contributed by atoms with Crippen molar-refractivity contribution in [3.05, 3.63) is 59.2 Å². The van der Waals surface area contributed by atoms with Gasteiger partial charge in [-0.3, -0.25) is 10.8 Å². The number of piperidine rings is 1. The molecule has 27 heavy (non-hydrogen) atoms. The van der Waals surface area contributed by atoms with Gasteiger partial charge in [-0.25, -0.2) is 0 Å². The summed E-state index contributed by atoms with van der Waals surface area (Å²) in [6.45, 7) is 6.33. The lowest BCUT2D eigenvalue weighted by molar-refractivity contribution is 0.00821. The molecule has 2 aromatic carbocycles. The van der Waals surface area contributed by atoms with Gasteiger partial charge in [-0.2, -0.15) is 0 Å². The first-order valence-corrected chi connectivity index (χ1v) is 9.39. The van der Waals surface area contributed by atoms with Crippen LogP contribution < -0.4 is 5.73 Å². The van der Waals surface area contributed by atoms with Crippen LogP contribution >= 0.6 is 0 Å². The van der Waals surface area contributed by atoms with E-state index in [2.05, 4.69) is 30.0 Å². The van der Waals surface area contributed by atoms with E-state index in [1.807, 2.05) is 31.2 Å². The van der Waals surface area contributed by atoms with E-state index in [0.717, 1.165) is 48.2 Å². The van der Waals surface area contributed by atoms with Gasteiger partial charge < -0.3 is 15.4 Å². The summed E-state index contributed by atoms with van der Waals surface area (Å²) in [7, 11) is 0. The Morgan fingerprint density at radius 3 is 2.52 bits per heavy atom. The number of likely N-dealkylation sites (tertiary alicyclic amines) is 1. The average Bonchev–Trinajstić information content (AvgIpc) is 2.66. The first kappa shape index (κ1) is 19.1. The van der Waals surface area contributed by atoms with Crippen molar-refractivity contribution in [1.29, 1.82) is 10.8 Å². The minimum Gasteiger partial charge on any atom is -0.384 e. The minimum atomic E-state index is 0.0829. The molecule has 5 nitrogen and oxygen atoms in total. The fraction of sp³-hybridized carbons (Fsp3) is 0.364. The summed E-state index contributed by atoms with van der Waals surface area (Å²) in [5, 5.41) is 15.4. The highest BCUT2D eigenvalue weighted by Gasteiger charge is 2.19. The smallest absolute Gasteiger partial charge is 0.122 e.